The molecular weight excluding hydrogens is 299 g/mol. The van der Waals surface area contributed by atoms with Crippen LogP contribution >= 0.6 is 11.8 Å². The summed E-state index contributed by atoms with van der Waals surface area (Å²) in [6, 6.07) is 0.356. The van der Waals surface area contributed by atoms with Crippen molar-refractivity contribution in [3.63, 3.8) is 0 Å². The van der Waals surface area contributed by atoms with Crippen molar-refractivity contribution in [3.05, 3.63) is 0 Å². The summed E-state index contributed by atoms with van der Waals surface area (Å²) < 4.78 is 44.6. The molecule has 0 unspecified atom stereocenters. The van der Waals surface area contributed by atoms with Crippen molar-refractivity contribution >= 4 is 11.8 Å². The van der Waals surface area contributed by atoms with Gasteiger partial charge in [-0.2, -0.15) is 24.9 Å². The Hall–Kier alpha value is 0.0600. The van der Waals surface area contributed by atoms with Gasteiger partial charge in [0.1, 0.15) is 0 Å². The summed E-state index contributed by atoms with van der Waals surface area (Å²) in [6.07, 6.45) is 1.08. The highest BCUT2D eigenvalue weighted by Crippen LogP contribution is 2.40. The SMILES string of the molecule is FC(F)(F)[C@@H]1CCC[C@H](N[C@H]2CCO[C@@]3(CCSC3)C2)C1. The van der Waals surface area contributed by atoms with Crippen LogP contribution in [0.2, 0.25) is 0 Å². The highest BCUT2D eigenvalue weighted by atomic mass is 32.2. The summed E-state index contributed by atoms with van der Waals surface area (Å²) in [5.41, 5.74) is -0.00131. The number of hydrogen-bond donors (Lipinski definition) is 1. The molecule has 122 valence electrons. The summed E-state index contributed by atoms with van der Waals surface area (Å²) in [7, 11) is 0. The van der Waals surface area contributed by atoms with Crippen LogP contribution in [0.1, 0.15) is 44.9 Å². The molecule has 4 atom stereocenters. The molecule has 1 saturated carbocycles. The molecule has 1 aliphatic carbocycles. The van der Waals surface area contributed by atoms with Crippen molar-refractivity contribution < 1.29 is 17.9 Å². The molecule has 3 aliphatic rings. The van der Waals surface area contributed by atoms with Gasteiger partial charge in [0.05, 0.1) is 11.5 Å². The van der Waals surface area contributed by atoms with Crippen LogP contribution in [0.25, 0.3) is 0 Å². The van der Waals surface area contributed by atoms with Gasteiger partial charge in [-0.15, -0.1) is 0 Å². The molecule has 3 rings (SSSR count). The second kappa shape index (κ2) is 6.28. The van der Waals surface area contributed by atoms with E-state index in [-0.39, 0.29) is 18.1 Å². The van der Waals surface area contributed by atoms with Gasteiger partial charge in [-0.05, 0) is 44.3 Å². The maximum Gasteiger partial charge on any atom is 0.391 e. The van der Waals surface area contributed by atoms with Crippen molar-refractivity contribution in [3.8, 4) is 0 Å². The van der Waals surface area contributed by atoms with Gasteiger partial charge in [-0.3, -0.25) is 0 Å². The van der Waals surface area contributed by atoms with Crippen molar-refractivity contribution in [2.75, 3.05) is 18.1 Å². The predicted octanol–water partition coefficient (Wildman–Crippen LogP) is 3.75. The molecule has 2 aliphatic heterocycles. The molecule has 0 amide bonds. The number of alkyl halides is 3. The van der Waals surface area contributed by atoms with Crippen LogP contribution < -0.4 is 5.32 Å². The largest absolute Gasteiger partial charge is 0.391 e. The first kappa shape index (κ1) is 15.9. The van der Waals surface area contributed by atoms with Gasteiger partial charge in [0.15, 0.2) is 0 Å². The smallest absolute Gasteiger partial charge is 0.374 e. The summed E-state index contributed by atoms with van der Waals surface area (Å²) in [5, 5.41) is 3.52. The van der Waals surface area contributed by atoms with Crippen molar-refractivity contribution in [2.45, 2.75) is 68.8 Å². The van der Waals surface area contributed by atoms with E-state index in [4.69, 9.17) is 4.74 Å². The minimum atomic E-state index is -4.03. The molecule has 0 aromatic heterocycles. The molecule has 3 fully saturated rings. The minimum absolute atomic E-state index is 0.00131. The average molecular weight is 323 g/mol. The third kappa shape index (κ3) is 3.88. The van der Waals surface area contributed by atoms with E-state index in [9.17, 15) is 13.2 Å². The predicted molar refractivity (Wildman–Crippen MR) is 78.6 cm³/mol. The fourth-order valence-electron chi connectivity index (χ4n) is 4.01. The van der Waals surface area contributed by atoms with Gasteiger partial charge in [0.2, 0.25) is 0 Å². The second-order valence-corrected chi connectivity index (χ2v) is 7.90. The second-order valence-electron chi connectivity index (χ2n) is 6.79. The molecule has 2 saturated heterocycles. The first-order valence-corrected chi connectivity index (χ1v) is 9.17. The molecule has 0 aromatic rings. The Bertz CT molecular complexity index is 357. The fraction of sp³-hybridized carbons (Fsp3) is 1.00. The molecule has 1 N–H and O–H groups in total. The Balaban J connectivity index is 1.53. The molecule has 0 aromatic carbocycles. The van der Waals surface area contributed by atoms with Crippen molar-refractivity contribution in [2.24, 2.45) is 5.92 Å². The van der Waals surface area contributed by atoms with Crippen LogP contribution in [-0.4, -0.2) is 42.0 Å². The first-order valence-electron chi connectivity index (χ1n) is 8.01. The minimum Gasteiger partial charge on any atom is -0.374 e. The average Bonchev–Trinajstić information content (AvgIpc) is 2.86. The monoisotopic (exact) mass is 323 g/mol. The normalized spacial score (nSPS) is 41.6. The van der Waals surface area contributed by atoms with Crippen LogP contribution in [0, 0.1) is 5.92 Å². The van der Waals surface area contributed by atoms with E-state index in [2.05, 4.69) is 5.32 Å². The Morgan fingerprint density at radius 3 is 2.71 bits per heavy atom. The molecule has 0 radical (unpaired) electrons. The van der Waals surface area contributed by atoms with E-state index in [1.54, 1.807) is 0 Å². The number of hydrogen-bond acceptors (Lipinski definition) is 3. The topological polar surface area (TPSA) is 21.3 Å². The fourth-order valence-corrected chi connectivity index (χ4v) is 5.38. The summed E-state index contributed by atoms with van der Waals surface area (Å²) in [5.74, 6) is 1.08. The molecule has 21 heavy (non-hydrogen) atoms. The van der Waals surface area contributed by atoms with Crippen LogP contribution in [0.5, 0.6) is 0 Å². The van der Waals surface area contributed by atoms with E-state index in [0.717, 1.165) is 43.8 Å². The lowest BCUT2D eigenvalue weighted by Crippen LogP contribution is -2.51. The van der Waals surface area contributed by atoms with E-state index in [0.29, 0.717) is 18.9 Å². The lowest BCUT2D eigenvalue weighted by Gasteiger charge is -2.41. The van der Waals surface area contributed by atoms with Gasteiger partial charge in [-0.25, -0.2) is 0 Å². The lowest BCUT2D eigenvalue weighted by atomic mass is 9.83. The molecule has 2 nitrogen and oxygen atoms in total. The number of thioether (sulfide) groups is 1. The van der Waals surface area contributed by atoms with Gasteiger partial charge in [0.25, 0.3) is 0 Å². The van der Waals surface area contributed by atoms with Crippen LogP contribution in [0.3, 0.4) is 0 Å². The van der Waals surface area contributed by atoms with Crippen LogP contribution in [0.4, 0.5) is 13.2 Å². The lowest BCUT2D eigenvalue weighted by molar-refractivity contribution is -0.184. The summed E-state index contributed by atoms with van der Waals surface area (Å²) >= 11 is 1.93. The van der Waals surface area contributed by atoms with Gasteiger partial charge in [0, 0.05) is 24.4 Å². The maximum atomic E-state index is 12.9. The Labute approximate surface area is 128 Å². The van der Waals surface area contributed by atoms with Crippen LogP contribution in [0.15, 0.2) is 0 Å². The molecule has 6 heteroatoms. The maximum absolute atomic E-state index is 12.9. The summed E-state index contributed by atoms with van der Waals surface area (Å²) in [6.45, 7) is 0.744. The zero-order valence-corrected chi connectivity index (χ0v) is 13.1. The van der Waals surface area contributed by atoms with Crippen LogP contribution in [-0.2, 0) is 4.74 Å². The zero-order valence-electron chi connectivity index (χ0n) is 12.3. The Kier molecular flexibility index (Phi) is 4.77. The number of ether oxygens (including phenoxy) is 1. The molecule has 1 spiro atoms. The number of halogens is 3. The standard InChI is InChI=1S/C15H24F3NOS/c16-15(17,18)11-2-1-3-12(8-11)19-13-4-6-20-14(9-13)5-7-21-10-14/h11-13,19H,1-10H2/t11-,12+,13+,14+/m1/s1. The highest BCUT2D eigenvalue weighted by Gasteiger charge is 2.44. The summed E-state index contributed by atoms with van der Waals surface area (Å²) in [4.78, 5) is 0. The Morgan fingerprint density at radius 2 is 2.00 bits per heavy atom. The molecule has 2 heterocycles. The zero-order chi connectivity index (χ0) is 14.9. The van der Waals surface area contributed by atoms with Crippen molar-refractivity contribution in [1.82, 2.24) is 5.32 Å². The van der Waals surface area contributed by atoms with E-state index >= 15 is 0 Å². The number of rotatable bonds is 2. The van der Waals surface area contributed by atoms with Gasteiger partial charge >= 0.3 is 6.18 Å². The first-order chi connectivity index (χ1) is 9.97. The number of nitrogens with one attached hydrogen (secondary N) is 1. The van der Waals surface area contributed by atoms with Crippen molar-refractivity contribution in [1.29, 1.82) is 0 Å². The third-order valence-electron chi connectivity index (χ3n) is 5.17. The Morgan fingerprint density at radius 1 is 1.14 bits per heavy atom. The van der Waals surface area contributed by atoms with Gasteiger partial charge < -0.3 is 10.1 Å². The molecular formula is C15H24F3NOS. The highest BCUT2D eigenvalue weighted by molar-refractivity contribution is 7.99. The quantitative estimate of drug-likeness (QED) is 0.836. The van der Waals surface area contributed by atoms with E-state index in [1.165, 1.54) is 0 Å². The van der Waals surface area contributed by atoms with Gasteiger partial charge in [-0.1, -0.05) is 6.42 Å². The molecule has 0 bridgehead atoms. The van der Waals surface area contributed by atoms with E-state index < -0.39 is 12.1 Å². The third-order valence-corrected chi connectivity index (χ3v) is 6.39. The van der Waals surface area contributed by atoms with E-state index in [1.807, 2.05) is 11.8 Å².